The molecule has 0 radical (unpaired) electrons. The molecule has 0 unspecified atom stereocenters. The average molecular weight is 514 g/mol. The zero-order valence-electron chi connectivity index (χ0n) is 20.8. The number of urea groups is 1. The molecule has 3 rings (SSSR count). The number of benzene rings is 2. The second-order valence-electron chi connectivity index (χ2n) is 8.20. The first kappa shape index (κ1) is 27.2. The van der Waals surface area contributed by atoms with Gasteiger partial charge < -0.3 is 24.6 Å². The van der Waals surface area contributed by atoms with Gasteiger partial charge in [0.25, 0.3) is 0 Å². The van der Waals surface area contributed by atoms with Gasteiger partial charge in [0.2, 0.25) is 5.91 Å². The van der Waals surface area contributed by atoms with Crippen molar-refractivity contribution in [3.8, 4) is 5.75 Å². The summed E-state index contributed by atoms with van der Waals surface area (Å²) in [4.78, 5) is 30.7. The van der Waals surface area contributed by atoms with Crippen molar-refractivity contribution < 1.29 is 23.5 Å². The Labute approximate surface area is 215 Å². The zero-order valence-corrected chi connectivity index (χ0v) is 21.6. The molecule has 0 fully saturated rings. The van der Waals surface area contributed by atoms with Crippen LogP contribution in [0.4, 0.5) is 14.9 Å². The average Bonchev–Trinajstić information content (AvgIpc) is 3.28. The molecular formula is C27H32FN3O4S. The van der Waals surface area contributed by atoms with Crippen LogP contribution in [0, 0.1) is 12.7 Å². The SMILES string of the molecule is CCOc1ccc(NC(=O)N(CCOC)CC(=O)N(Cc2ccc(F)cc2)Cc2sccc2C)cc1. The Kier molecular flexibility index (Phi) is 10.3. The van der Waals surface area contributed by atoms with Crippen molar-refractivity contribution in [2.24, 2.45) is 0 Å². The molecule has 1 heterocycles. The topological polar surface area (TPSA) is 71.1 Å². The number of carbonyl (C=O) groups is 2. The van der Waals surface area contributed by atoms with Crippen LogP contribution in [0.3, 0.4) is 0 Å². The van der Waals surface area contributed by atoms with E-state index in [1.807, 2.05) is 25.3 Å². The van der Waals surface area contributed by atoms with E-state index < -0.39 is 6.03 Å². The molecule has 7 nitrogen and oxygen atoms in total. The smallest absolute Gasteiger partial charge is 0.322 e. The number of hydrogen-bond donors (Lipinski definition) is 1. The summed E-state index contributed by atoms with van der Waals surface area (Å²) in [5, 5.41) is 4.83. The minimum Gasteiger partial charge on any atom is -0.494 e. The van der Waals surface area contributed by atoms with Crippen molar-refractivity contribution in [1.29, 1.82) is 0 Å². The zero-order chi connectivity index (χ0) is 25.9. The molecule has 192 valence electrons. The molecule has 3 amide bonds. The number of thiophene rings is 1. The molecule has 1 N–H and O–H groups in total. The molecule has 0 aliphatic rings. The highest BCUT2D eigenvalue weighted by molar-refractivity contribution is 7.10. The summed E-state index contributed by atoms with van der Waals surface area (Å²) in [7, 11) is 1.55. The van der Waals surface area contributed by atoms with Crippen LogP contribution >= 0.6 is 11.3 Å². The van der Waals surface area contributed by atoms with E-state index in [4.69, 9.17) is 9.47 Å². The minimum atomic E-state index is -0.404. The van der Waals surface area contributed by atoms with Gasteiger partial charge in [-0.15, -0.1) is 11.3 Å². The number of methoxy groups -OCH3 is 1. The van der Waals surface area contributed by atoms with E-state index in [0.29, 0.717) is 31.1 Å². The molecule has 0 aliphatic heterocycles. The van der Waals surface area contributed by atoms with Gasteiger partial charge in [0.05, 0.1) is 19.8 Å². The molecular weight excluding hydrogens is 481 g/mol. The molecule has 2 aromatic carbocycles. The van der Waals surface area contributed by atoms with Crippen LogP contribution in [0.15, 0.2) is 60.0 Å². The van der Waals surface area contributed by atoms with Crippen LogP contribution in [-0.2, 0) is 22.6 Å². The number of ether oxygens (including phenoxy) is 2. The summed E-state index contributed by atoms with van der Waals surface area (Å²) in [5.41, 5.74) is 2.50. The Morgan fingerprint density at radius 3 is 2.33 bits per heavy atom. The lowest BCUT2D eigenvalue weighted by atomic mass is 10.2. The molecule has 0 aliphatic carbocycles. The summed E-state index contributed by atoms with van der Waals surface area (Å²) in [6.45, 7) is 5.56. The van der Waals surface area contributed by atoms with Gasteiger partial charge >= 0.3 is 6.03 Å². The van der Waals surface area contributed by atoms with Crippen LogP contribution in [-0.4, -0.2) is 55.2 Å². The van der Waals surface area contributed by atoms with Crippen LogP contribution in [0.2, 0.25) is 0 Å². The van der Waals surface area contributed by atoms with Crippen LogP contribution in [0.5, 0.6) is 5.75 Å². The highest BCUT2D eigenvalue weighted by Gasteiger charge is 2.23. The molecule has 0 spiro atoms. The van der Waals surface area contributed by atoms with Crippen molar-refractivity contribution in [1.82, 2.24) is 9.80 Å². The van der Waals surface area contributed by atoms with Gasteiger partial charge in [-0.3, -0.25) is 4.79 Å². The molecule has 9 heteroatoms. The van der Waals surface area contributed by atoms with Gasteiger partial charge in [-0.1, -0.05) is 12.1 Å². The first-order valence-electron chi connectivity index (χ1n) is 11.7. The van der Waals surface area contributed by atoms with E-state index in [9.17, 15) is 14.0 Å². The third-order valence-corrected chi connectivity index (χ3v) is 6.55. The van der Waals surface area contributed by atoms with Crippen molar-refractivity contribution in [3.63, 3.8) is 0 Å². The predicted molar refractivity (Wildman–Crippen MR) is 140 cm³/mol. The van der Waals surface area contributed by atoms with E-state index in [1.165, 1.54) is 17.0 Å². The quantitative estimate of drug-likeness (QED) is 0.357. The van der Waals surface area contributed by atoms with E-state index in [-0.39, 0.29) is 31.4 Å². The number of nitrogens with zero attached hydrogens (tertiary/aromatic N) is 2. The maximum atomic E-state index is 13.5. The first-order chi connectivity index (χ1) is 17.4. The molecule has 0 saturated heterocycles. The number of nitrogens with one attached hydrogen (secondary N) is 1. The van der Waals surface area contributed by atoms with E-state index in [0.717, 1.165) is 16.0 Å². The number of halogens is 1. The first-order valence-corrected chi connectivity index (χ1v) is 12.6. The Morgan fingerprint density at radius 2 is 1.72 bits per heavy atom. The minimum absolute atomic E-state index is 0.127. The van der Waals surface area contributed by atoms with Crippen LogP contribution in [0.25, 0.3) is 0 Å². The largest absolute Gasteiger partial charge is 0.494 e. The number of rotatable bonds is 12. The van der Waals surface area contributed by atoms with Gasteiger partial charge in [0.1, 0.15) is 18.1 Å². The second kappa shape index (κ2) is 13.6. The Bertz CT molecular complexity index is 1120. The fourth-order valence-electron chi connectivity index (χ4n) is 3.50. The summed E-state index contributed by atoms with van der Waals surface area (Å²) in [5.74, 6) is 0.162. The summed E-state index contributed by atoms with van der Waals surface area (Å²) >= 11 is 1.58. The summed E-state index contributed by atoms with van der Waals surface area (Å²) < 4.78 is 24.0. The van der Waals surface area contributed by atoms with Gasteiger partial charge in [0, 0.05) is 30.8 Å². The molecule has 1 aromatic heterocycles. The third kappa shape index (κ3) is 8.07. The van der Waals surface area contributed by atoms with Crippen molar-refractivity contribution in [2.45, 2.75) is 26.9 Å². The number of amides is 3. The van der Waals surface area contributed by atoms with E-state index >= 15 is 0 Å². The second-order valence-corrected chi connectivity index (χ2v) is 9.21. The van der Waals surface area contributed by atoms with Crippen molar-refractivity contribution in [2.75, 3.05) is 38.7 Å². The number of anilines is 1. The Balaban J connectivity index is 1.74. The Morgan fingerprint density at radius 1 is 1.00 bits per heavy atom. The third-order valence-electron chi connectivity index (χ3n) is 5.54. The number of aryl methyl sites for hydroxylation is 1. The Hall–Kier alpha value is -3.43. The molecule has 0 saturated carbocycles. The van der Waals surface area contributed by atoms with Gasteiger partial charge in [-0.25, -0.2) is 9.18 Å². The monoisotopic (exact) mass is 513 g/mol. The maximum absolute atomic E-state index is 13.5. The standard InChI is InChI=1S/C27H32FN3O4S/c1-4-35-24-11-9-23(10-12-24)29-27(33)30(14-15-34-3)19-26(32)31(18-25-20(2)13-16-36-25)17-21-5-7-22(28)8-6-21/h5-13,16H,4,14-15,17-19H2,1-3H3,(H,29,33). The van der Waals surface area contributed by atoms with Crippen LogP contribution in [0.1, 0.15) is 22.9 Å². The number of carbonyl (C=O) groups excluding carboxylic acids is 2. The predicted octanol–water partition coefficient (Wildman–Crippen LogP) is 5.30. The molecule has 0 atom stereocenters. The van der Waals surface area contributed by atoms with E-state index in [2.05, 4.69) is 5.32 Å². The molecule has 0 bridgehead atoms. The number of hydrogen-bond acceptors (Lipinski definition) is 5. The fraction of sp³-hybridized carbons (Fsp3) is 0.333. The molecule has 36 heavy (non-hydrogen) atoms. The van der Waals surface area contributed by atoms with Crippen molar-refractivity contribution >= 4 is 29.0 Å². The van der Waals surface area contributed by atoms with Crippen LogP contribution < -0.4 is 10.1 Å². The fourth-order valence-corrected chi connectivity index (χ4v) is 4.42. The maximum Gasteiger partial charge on any atom is 0.322 e. The normalized spacial score (nSPS) is 10.7. The summed E-state index contributed by atoms with van der Waals surface area (Å²) in [6.07, 6.45) is 0. The highest BCUT2D eigenvalue weighted by Crippen LogP contribution is 2.20. The van der Waals surface area contributed by atoms with Gasteiger partial charge in [-0.05, 0) is 72.8 Å². The van der Waals surface area contributed by atoms with Gasteiger partial charge in [-0.2, -0.15) is 0 Å². The lowest BCUT2D eigenvalue weighted by molar-refractivity contribution is -0.133. The van der Waals surface area contributed by atoms with E-state index in [1.54, 1.807) is 59.7 Å². The lowest BCUT2D eigenvalue weighted by Gasteiger charge is -2.28. The highest BCUT2D eigenvalue weighted by atomic mass is 32.1. The van der Waals surface area contributed by atoms with Crippen molar-refractivity contribution in [3.05, 3.63) is 81.8 Å². The lowest BCUT2D eigenvalue weighted by Crippen LogP contribution is -2.45. The molecule has 3 aromatic rings. The summed E-state index contributed by atoms with van der Waals surface area (Å²) in [6, 6.07) is 14.7. The van der Waals surface area contributed by atoms with Gasteiger partial charge in [0.15, 0.2) is 0 Å².